The van der Waals surface area contributed by atoms with Crippen molar-refractivity contribution >= 4 is 5.91 Å². The van der Waals surface area contributed by atoms with Gasteiger partial charge in [-0.3, -0.25) is 4.79 Å². The topological polar surface area (TPSA) is 69.6 Å². The van der Waals surface area contributed by atoms with Gasteiger partial charge in [-0.2, -0.15) is 0 Å². The summed E-state index contributed by atoms with van der Waals surface area (Å²) >= 11 is 0. The zero-order chi connectivity index (χ0) is 40.7. The minimum absolute atomic E-state index is 0.0577. The summed E-state index contributed by atoms with van der Waals surface area (Å²) in [4.78, 5) is 12.4. The zero-order valence-electron chi connectivity index (χ0n) is 38.4. The fourth-order valence-electron chi connectivity index (χ4n) is 8.30. The number of aliphatic hydroxyl groups excluding tert-OH is 2. The maximum Gasteiger partial charge on any atom is 0.220 e. The van der Waals surface area contributed by atoms with Crippen molar-refractivity contribution in [1.82, 2.24) is 5.32 Å². The zero-order valence-corrected chi connectivity index (χ0v) is 38.4. The lowest BCUT2D eigenvalue weighted by atomic mass is 10.0. The van der Waals surface area contributed by atoms with E-state index in [0.29, 0.717) is 6.42 Å². The Labute approximate surface area is 352 Å². The van der Waals surface area contributed by atoms with Crippen molar-refractivity contribution in [3.63, 3.8) is 0 Å². The SMILES string of the molecule is CCCCCCCCCCCCCCCCCCCCCCCCCCC/C=C/C(O)C(CO)NC(=O)CCCCCCCCCCCCCCCCCCC. The highest BCUT2D eigenvalue weighted by Crippen LogP contribution is 2.17. The van der Waals surface area contributed by atoms with Gasteiger partial charge in [0.1, 0.15) is 0 Å². The molecule has 3 N–H and O–H groups in total. The molecule has 0 aliphatic heterocycles. The maximum atomic E-state index is 12.4. The molecule has 0 aliphatic carbocycles. The smallest absolute Gasteiger partial charge is 0.220 e. The van der Waals surface area contributed by atoms with Gasteiger partial charge in [-0.05, 0) is 19.3 Å². The quantitative estimate of drug-likeness (QED) is 0.0425. The molecule has 0 spiro atoms. The average molecular weight is 790 g/mol. The van der Waals surface area contributed by atoms with Gasteiger partial charge in [0.15, 0.2) is 0 Å². The van der Waals surface area contributed by atoms with Crippen molar-refractivity contribution in [2.45, 2.75) is 309 Å². The van der Waals surface area contributed by atoms with Crippen LogP contribution in [-0.2, 0) is 4.79 Å². The second-order valence-corrected chi connectivity index (χ2v) is 18.0. The molecule has 0 saturated carbocycles. The van der Waals surface area contributed by atoms with Crippen LogP contribution in [0, 0.1) is 0 Å². The molecule has 0 aliphatic rings. The molecule has 0 rings (SSSR count). The fourth-order valence-corrected chi connectivity index (χ4v) is 8.30. The Hall–Kier alpha value is -0.870. The molecule has 1 amide bonds. The Kier molecular flexibility index (Phi) is 47.7. The monoisotopic (exact) mass is 790 g/mol. The highest BCUT2D eigenvalue weighted by atomic mass is 16.3. The molecule has 2 unspecified atom stereocenters. The predicted octanol–water partition coefficient (Wildman–Crippen LogP) is 16.6. The average Bonchev–Trinajstić information content (AvgIpc) is 3.20. The van der Waals surface area contributed by atoms with E-state index in [9.17, 15) is 15.0 Å². The van der Waals surface area contributed by atoms with Crippen molar-refractivity contribution in [3.05, 3.63) is 12.2 Å². The van der Waals surface area contributed by atoms with Crippen LogP contribution in [0.2, 0.25) is 0 Å². The van der Waals surface area contributed by atoms with E-state index in [1.165, 1.54) is 250 Å². The van der Waals surface area contributed by atoms with Crippen molar-refractivity contribution in [3.8, 4) is 0 Å². The maximum absolute atomic E-state index is 12.4. The van der Waals surface area contributed by atoms with Crippen LogP contribution in [0.15, 0.2) is 12.2 Å². The van der Waals surface area contributed by atoms with Gasteiger partial charge in [0.25, 0.3) is 0 Å². The molecular weight excluding hydrogens is 687 g/mol. The van der Waals surface area contributed by atoms with Crippen molar-refractivity contribution in [1.29, 1.82) is 0 Å². The van der Waals surface area contributed by atoms with Gasteiger partial charge in [-0.25, -0.2) is 0 Å². The summed E-state index contributed by atoms with van der Waals surface area (Å²) in [5, 5.41) is 23.1. The van der Waals surface area contributed by atoms with Gasteiger partial charge in [-0.1, -0.05) is 283 Å². The number of hydrogen-bond acceptors (Lipinski definition) is 3. The normalized spacial score (nSPS) is 12.9. The minimum Gasteiger partial charge on any atom is -0.394 e. The molecule has 0 aromatic heterocycles. The molecule has 0 bridgehead atoms. The summed E-state index contributed by atoms with van der Waals surface area (Å²) < 4.78 is 0. The molecule has 0 fully saturated rings. The number of hydrogen-bond donors (Lipinski definition) is 3. The summed E-state index contributed by atoms with van der Waals surface area (Å²) in [5.74, 6) is -0.0577. The lowest BCUT2D eigenvalue weighted by Gasteiger charge is -2.20. The minimum atomic E-state index is -0.835. The van der Waals surface area contributed by atoms with Gasteiger partial charge in [0.05, 0.1) is 18.8 Å². The molecule has 0 radical (unpaired) electrons. The largest absolute Gasteiger partial charge is 0.394 e. The number of amides is 1. The Morgan fingerprint density at radius 3 is 0.929 bits per heavy atom. The fraction of sp³-hybridized carbons (Fsp3) is 0.942. The first-order valence-corrected chi connectivity index (χ1v) is 25.9. The van der Waals surface area contributed by atoms with Crippen LogP contribution in [-0.4, -0.2) is 34.9 Å². The lowest BCUT2D eigenvalue weighted by molar-refractivity contribution is -0.123. The molecule has 0 aromatic rings. The molecule has 4 heteroatoms. The highest BCUT2D eigenvalue weighted by molar-refractivity contribution is 5.76. The van der Waals surface area contributed by atoms with Crippen LogP contribution in [0.3, 0.4) is 0 Å². The van der Waals surface area contributed by atoms with Gasteiger partial charge in [0, 0.05) is 6.42 Å². The van der Waals surface area contributed by atoms with Gasteiger partial charge in [0.2, 0.25) is 5.91 Å². The predicted molar refractivity (Wildman–Crippen MR) is 249 cm³/mol. The van der Waals surface area contributed by atoms with Gasteiger partial charge >= 0.3 is 0 Å². The number of aliphatic hydroxyl groups is 2. The van der Waals surface area contributed by atoms with E-state index in [4.69, 9.17) is 0 Å². The Morgan fingerprint density at radius 1 is 0.411 bits per heavy atom. The van der Waals surface area contributed by atoms with Crippen LogP contribution < -0.4 is 5.32 Å². The van der Waals surface area contributed by atoms with Crippen molar-refractivity contribution in [2.24, 2.45) is 0 Å². The molecule has 2 atom stereocenters. The third-order valence-corrected chi connectivity index (χ3v) is 12.3. The van der Waals surface area contributed by atoms with Crippen LogP contribution in [0.1, 0.15) is 296 Å². The van der Waals surface area contributed by atoms with Crippen LogP contribution in [0.25, 0.3) is 0 Å². The number of unbranched alkanes of at least 4 members (excludes halogenated alkanes) is 41. The van der Waals surface area contributed by atoms with E-state index in [1.54, 1.807) is 6.08 Å². The molecule has 4 nitrogen and oxygen atoms in total. The second kappa shape index (κ2) is 48.5. The summed E-state index contributed by atoms with van der Waals surface area (Å²) in [6.07, 6.45) is 62.1. The van der Waals surface area contributed by atoms with Gasteiger partial charge in [-0.15, -0.1) is 0 Å². The number of carbonyl (C=O) groups excluding carboxylic acids is 1. The first-order valence-electron chi connectivity index (χ1n) is 25.9. The third-order valence-electron chi connectivity index (χ3n) is 12.3. The molecule has 0 heterocycles. The Balaban J connectivity index is 3.46. The summed E-state index contributed by atoms with van der Waals surface area (Å²) in [6.45, 7) is 4.34. The lowest BCUT2D eigenvalue weighted by Crippen LogP contribution is -2.45. The first-order chi connectivity index (χ1) is 27.7. The van der Waals surface area contributed by atoms with E-state index < -0.39 is 12.1 Å². The van der Waals surface area contributed by atoms with Crippen LogP contribution >= 0.6 is 0 Å². The molecule has 0 aromatic carbocycles. The van der Waals surface area contributed by atoms with Crippen LogP contribution in [0.5, 0.6) is 0 Å². The van der Waals surface area contributed by atoms with Crippen molar-refractivity contribution < 1.29 is 15.0 Å². The van der Waals surface area contributed by atoms with Crippen LogP contribution in [0.4, 0.5) is 0 Å². The number of allylic oxidation sites excluding steroid dienone is 1. The Morgan fingerprint density at radius 2 is 0.661 bits per heavy atom. The number of carbonyl (C=O) groups is 1. The van der Waals surface area contributed by atoms with E-state index in [0.717, 1.165) is 25.7 Å². The highest BCUT2D eigenvalue weighted by Gasteiger charge is 2.18. The summed E-state index contributed by atoms with van der Waals surface area (Å²) in [7, 11) is 0. The molecular formula is C52H103NO3. The molecule has 334 valence electrons. The standard InChI is InChI=1S/C52H103NO3/c1-3-5-7-9-11-13-15-17-19-21-22-23-24-25-26-27-28-29-30-32-33-35-37-39-41-43-45-47-51(55)50(49-54)53-52(56)48-46-44-42-40-38-36-34-31-20-18-16-14-12-10-8-6-4-2/h45,47,50-51,54-55H,3-44,46,48-49H2,1-2H3,(H,53,56)/b47-45+. The molecule has 56 heavy (non-hydrogen) atoms. The van der Waals surface area contributed by atoms with Crippen molar-refractivity contribution in [2.75, 3.05) is 6.61 Å². The van der Waals surface area contributed by atoms with E-state index >= 15 is 0 Å². The molecule has 0 saturated heterocycles. The van der Waals surface area contributed by atoms with Gasteiger partial charge < -0.3 is 15.5 Å². The third kappa shape index (κ3) is 44.2. The first kappa shape index (κ1) is 55.1. The van der Waals surface area contributed by atoms with E-state index in [-0.39, 0.29) is 12.5 Å². The Bertz CT molecular complexity index is 769. The number of nitrogens with one attached hydrogen (secondary N) is 1. The number of rotatable bonds is 48. The van der Waals surface area contributed by atoms with E-state index in [2.05, 4.69) is 19.2 Å². The van der Waals surface area contributed by atoms with E-state index in [1.807, 2.05) is 6.08 Å². The summed E-state index contributed by atoms with van der Waals surface area (Å²) in [5.41, 5.74) is 0. The second-order valence-electron chi connectivity index (χ2n) is 18.0. The summed E-state index contributed by atoms with van der Waals surface area (Å²) in [6, 6.07) is -0.617.